The molecule has 0 spiro atoms. The van der Waals surface area contributed by atoms with E-state index < -0.39 is 11.8 Å². The summed E-state index contributed by atoms with van der Waals surface area (Å²) in [5.41, 5.74) is 0.443. The van der Waals surface area contributed by atoms with Gasteiger partial charge in [0.25, 0.3) is 0 Å². The molecule has 7 nitrogen and oxygen atoms in total. The summed E-state index contributed by atoms with van der Waals surface area (Å²) in [5, 5.41) is 13.7. The first-order valence-corrected chi connectivity index (χ1v) is 7.04. The summed E-state index contributed by atoms with van der Waals surface area (Å²) < 4.78 is 10.2. The van der Waals surface area contributed by atoms with E-state index in [2.05, 4.69) is 10.6 Å². The van der Waals surface area contributed by atoms with Crippen molar-refractivity contribution in [2.45, 2.75) is 19.3 Å². The maximum absolute atomic E-state index is 11.8. The van der Waals surface area contributed by atoms with Crippen LogP contribution in [0.25, 0.3) is 0 Å². The van der Waals surface area contributed by atoms with Crippen LogP contribution in [-0.4, -0.2) is 44.3 Å². The van der Waals surface area contributed by atoms with Gasteiger partial charge in [-0.3, -0.25) is 9.59 Å². The van der Waals surface area contributed by atoms with Crippen molar-refractivity contribution in [3.63, 3.8) is 0 Å². The Bertz CT molecular complexity index is 505. The quantitative estimate of drug-likeness (QED) is 0.490. The van der Waals surface area contributed by atoms with Crippen LogP contribution in [0.15, 0.2) is 18.2 Å². The van der Waals surface area contributed by atoms with Crippen molar-refractivity contribution < 1.29 is 24.2 Å². The molecule has 0 aliphatic heterocycles. The van der Waals surface area contributed by atoms with Crippen LogP contribution < -0.4 is 20.1 Å². The number of unbranched alkanes of at least 4 members (excludes halogenated alkanes) is 2. The number of aliphatic hydroxyl groups is 1. The van der Waals surface area contributed by atoms with E-state index in [1.165, 1.54) is 14.2 Å². The molecular weight excluding hydrogens is 288 g/mol. The Morgan fingerprint density at radius 2 is 1.77 bits per heavy atom. The van der Waals surface area contributed by atoms with Crippen molar-refractivity contribution in [1.82, 2.24) is 5.32 Å². The molecule has 0 aliphatic rings. The van der Waals surface area contributed by atoms with Crippen molar-refractivity contribution >= 4 is 17.5 Å². The summed E-state index contributed by atoms with van der Waals surface area (Å²) in [4.78, 5) is 23.4. The van der Waals surface area contributed by atoms with E-state index in [-0.39, 0.29) is 6.61 Å². The molecule has 0 saturated heterocycles. The lowest BCUT2D eigenvalue weighted by molar-refractivity contribution is -0.136. The zero-order valence-corrected chi connectivity index (χ0v) is 12.8. The van der Waals surface area contributed by atoms with Crippen LogP contribution in [0.5, 0.6) is 11.5 Å². The molecule has 122 valence electrons. The summed E-state index contributed by atoms with van der Waals surface area (Å²) in [7, 11) is 3.00. The molecule has 22 heavy (non-hydrogen) atoms. The Balaban J connectivity index is 2.48. The van der Waals surface area contributed by atoms with Gasteiger partial charge >= 0.3 is 11.8 Å². The zero-order valence-electron chi connectivity index (χ0n) is 12.8. The number of hydrogen-bond acceptors (Lipinski definition) is 5. The van der Waals surface area contributed by atoms with Gasteiger partial charge < -0.3 is 25.2 Å². The van der Waals surface area contributed by atoms with E-state index in [0.717, 1.165) is 12.8 Å². The fourth-order valence-corrected chi connectivity index (χ4v) is 1.80. The van der Waals surface area contributed by atoms with Crippen LogP contribution in [0.2, 0.25) is 0 Å². The lowest BCUT2D eigenvalue weighted by Gasteiger charge is -2.10. The molecule has 0 bridgehead atoms. The van der Waals surface area contributed by atoms with Crippen molar-refractivity contribution in [2.24, 2.45) is 0 Å². The van der Waals surface area contributed by atoms with Crippen molar-refractivity contribution in [3.8, 4) is 11.5 Å². The highest BCUT2D eigenvalue weighted by molar-refractivity contribution is 6.39. The monoisotopic (exact) mass is 310 g/mol. The van der Waals surface area contributed by atoms with Crippen LogP contribution in [0.3, 0.4) is 0 Å². The van der Waals surface area contributed by atoms with E-state index in [0.29, 0.717) is 30.2 Å². The average Bonchev–Trinajstić information content (AvgIpc) is 2.54. The summed E-state index contributed by atoms with van der Waals surface area (Å²) in [6.45, 7) is 0.534. The largest absolute Gasteiger partial charge is 0.493 e. The minimum atomic E-state index is -0.741. The minimum absolute atomic E-state index is 0.133. The SMILES string of the molecule is COc1ccc(NC(=O)C(=O)NCCCCCO)cc1OC. The summed E-state index contributed by atoms with van der Waals surface area (Å²) in [6.07, 6.45) is 2.21. The second-order valence-corrected chi connectivity index (χ2v) is 4.56. The fraction of sp³-hybridized carbons (Fsp3) is 0.467. The number of carbonyl (C=O) groups is 2. The summed E-state index contributed by atoms with van der Waals surface area (Å²) >= 11 is 0. The molecule has 3 N–H and O–H groups in total. The average molecular weight is 310 g/mol. The zero-order chi connectivity index (χ0) is 16.4. The van der Waals surface area contributed by atoms with Gasteiger partial charge in [-0.2, -0.15) is 0 Å². The van der Waals surface area contributed by atoms with Crippen LogP contribution in [-0.2, 0) is 9.59 Å². The lowest BCUT2D eigenvalue weighted by Crippen LogP contribution is -2.35. The summed E-state index contributed by atoms with van der Waals surface area (Å²) in [6, 6.07) is 4.83. The third-order valence-corrected chi connectivity index (χ3v) is 2.97. The smallest absolute Gasteiger partial charge is 0.313 e. The van der Waals surface area contributed by atoms with E-state index in [1.54, 1.807) is 18.2 Å². The maximum atomic E-state index is 11.8. The second kappa shape index (κ2) is 9.62. The molecule has 1 aromatic rings. The Kier molecular flexibility index (Phi) is 7.77. The number of ether oxygens (including phenoxy) is 2. The van der Waals surface area contributed by atoms with E-state index in [1.807, 2.05) is 0 Å². The Labute approximate surface area is 129 Å². The van der Waals surface area contributed by atoms with E-state index >= 15 is 0 Å². The molecular formula is C15H22N2O5. The van der Waals surface area contributed by atoms with Crippen LogP contribution in [0, 0.1) is 0 Å². The van der Waals surface area contributed by atoms with Gasteiger partial charge in [-0.15, -0.1) is 0 Å². The molecule has 0 aromatic heterocycles. The van der Waals surface area contributed by atoms with Gasteiger partial charge in [-0.1, -0.05) is 0 Å². The molecule has 7 heteroatoms. The highest BCUT2D eigenvalue weighted by atomic mass is 16.5. The van der Waals surface area contributed by atoms with E-state index in [4.69, 9.17) is 14.6 Å². The van der Waals surface area contributed by atoms with Gasteiger partial charge in [0.2, 0.25) is 0 Å². The standard InChI is InChI=1S/C15H22N2O5/c1-21-12-7-6-11(10-13(12)22-2)17-15(20)14(19)16-8-4-3-5-9-18/h6-7,10,18H,3-5,8-9H2,1-2H3,(H,16,19)(H,17,20). The highest BCUT2D eigenvalue weighted by Crippen LogP contribution is 2.29. The molecule has 0 aliphatic carbocycles. The van der Waals surface area contributed by atoms with Crippen molar-refractivity contribution in [1.29, 1.82) is 0 Å². The number of methoxy groups -OCH3 is 2. The number of hydrogen-bond donors (Lipinski definition) is 3. The van der Waals surface area contributed by atoms with Crippen LogP contribution in [0.1, 0.15) is 19.3 Å². The lowest BCUT2D eigenvalue weighted by atomic mass is 10.2. The minimum Gasteiger partial charge on any atom is -0.493 e. The number of nitrogens with one attached hydrogen (secondary N) is 2. The third kappa shape index (κ3) is 5.61. The molecule has 0 saturated carbocycles. The molecule has 0 radical (unpaired) electrons. The van der Waals surface area contributed by atoms with Crippen LogP contribution in [0.4, 0.5) is 5.69 Å². The first-order valence-electron chi connectivity index (χ1n) is 7.04. The number of amides is 2. The van der Waals surface area contributed by atoms with Gasteiger partial charge in [-0.05, 0) is 31.4 Å². The van der Waals surface area contributed by atoms with Gasteiger partial charge in [0.05, 0.1) is 14.2 Å². The van der Waals surface area contributed by atoms with Gasteiger partial charge in [-0.25, -0.2) is 0 Å². The van der Waals surface area contributed by atoms with E-state index in [9.17, 15) is 9.59 Å². The molecule has 1 rings (SSSR count). The third-order valence-electron chi connectivity index (χ3n) is 2.97. The fourth-order valence-electron chi connectivity index (χ4n) is 1.80. The Morgan fingerprint density at radius 1 is 1.05 bits per heavy atom. The number of benzene rings is 1. The van der Waals surface area contributed by atoms with Crippen molar-refractivity contribution in [2.75, 3.05) is 32.7 Å². The number of aliphatic hydroxyl groups excluding tert-OH is 1. The Morgan fingerprint density at radius 3 is 2.41 bits per heavy atom. The predicted molar refractivity (Wildman–Crippen MR) is 82.1 cm³/mol. The maximum Gasteiger partial charge on any atom is 0.313 e. The molecule has 0 unspecified atom stereocenters. The molecule has 0 atom stereocenters. The molecule has 0 fully saturated rings. The van der Waals surface area contributed by atoms with Gasteiger partial charge in [0.15, 0.2) is 11.5 Å². The van der Waals surface area contributed by atoms with Gasteiger partial charge in [0.1, 0.15) is 0 Å². The summed E-state index contributed by atoms with van der Waals surface area (Å²) in [5.74, 6) is -0.438. The normalized spacial score (nSPS) is 9.95. The topological polar surface area (TPSA) is 96.9 Å². The first kappa shape index (κ1) is 17.8. The molecule has 2 amide bonds. The number of carbonyl (C=O) groups excluding carboxylic acids is 2. The Hall–Kier alpha value is -2.28. The molecule has 0 heterocycles. The number of anilines is 1. The molecule has 1 aromatic carbocycles. The highest BCUT2D eigenvalue weighted by Gasteiger charge is 2.14. The van der Waals surface area contributed by atoms with Gasteiger partial charge in [0, 0.05) is 24.9 Å². The predicted octanol–water partition coefficient (Wildman–Crippen LogP) is 0.921. The first-order chi connectivity index (χ1) is 10.6. The van der Waals surface area contributed by atoms with Crippen LogP contribution >= 0.6 is 0 Å². The number of rotatable bonds is 8. The van der Waals surface area contributed by atoms with Crippen molar-refractivity contribution in [3.05, 3.63) is 18.2 Å². The second-order valence-electron chi connectivity index (χ2n) is 4.56.